The summed E-state index contributed by atoms with van der Waals surface area (Å²) in [5, 5.41) is 3.63. The van der Waals surface area contributed by atoms with Gasteiger partial charge in [0.05, 0.1) is 4.34 Å². The predicted octanol–water partition coefficient (Wildman–Crippen LogP) is 4.50. The zero-order chi connectivity index (χ0) is 11.8. The van der Waals surface area contributed by atoms with Crippen LogP contribution in [-0.2, 0) is 6.42 Å². The van der Waals surface area contributed by atoms with E-state index in [1.54, 1.807) is 11.3 Å². The first kappa shape index (κ1) is 14.0. The molecule has 0 bridgehead atoms. The highest BCUT2D eigenvalue weighted by Crippen LogP contribution is 2.21. The van der Waals surface area contributed by atoms with E-state index in [1.165, 1.54) is 30.6 Å². The highest BCUT2D eigenvalue weighted by atomic mass is 35.5. The van der Waals surface area contributed by atoms with Crippen molar-refractivity contribution in [3.05, 3.63) is 21.3 Å². The van der Waals surface area contributed by atoms with Gasteiger partial charge in [-0.15, -0.1) is 11.3 Å². The highest BCUT2D eigenvalue weighted by Gasteiger charge is 2.04. The zero-order valence-corrected chi connectivity index (χ0v) is 11.8. The third kappa shape index (κ3) is 5.33. The fourth-order valence-corrected chi connectivity index (χ4v) is 2.87. The van der Waals surface area contributed by atoms with E-state index in [0.717, 1.165) is 17.3 Å². The molecule has 0 saturated heterocycles. The minimum atomic E-state index is 0.690. The molecule has 1 N–H and O–H groups in total. The fourth-order valence-electron chi connectivity index (χ4n) is 1.79. The first-order chi connectivity index (χ1) is 7.76. The molecule has 1 aromatic rings. The van der Waals surface area contributed by atoms with Crippen molar-refractivity contribution >= 4 is 22.9 Å². The van der Waals surface area contributed by atoms with E-state index in [0.29, 0.717) is 6.04 Å². The summed E-state index contributed by atoms with van der Waals surface area (Å²) >= 11 is 7.59. The van der Waals surface area contributed by atoms with E-state index < -0.39 is 0 Å². The molecule has 1 rings (SSSR count). The van der Waals surface area contributed by atoms with Gasteiger partial charge in [-0.05, 0) is 31.4 Å². The summed E-state index contributed by atoms with van der Waals surface area (Å²) < 4.78 is 0.896. The normalized spacial score (nSPS) is 12.9. The number of halogens is 1. The lowest BCUT2D eigenvalue weighted by Crippen LogP contribution is -2.30. The monoisotopic (exact) mass is 259 g/mol. The Hall–Kier alpha value is -0.0500. The highest BCUT2D eigenvalue weighted by molar-refractivity contribution is 7.16. The molecule has 0 spiro atoms. The van der Waals surface area contributed by atoms with Crippen LogP contribution in [0.25, 0.3) is 0 Å². The average Bonchev–Trinajstić information content (AvgIpc) is 2.69. The van der Waals surface area contributed by atoms with Crippen LogP contribution in [0.5, 0.6) is 0 Å². The molecule has 0 fully saturated rings. The Morgan fingerprint density at radius 3 is 2.75 bits per heavy atom. The molecule has 1 unspecified atom stereocenters. The third-order valence-corrected chi connectivity index (χ3v) is 4.12. The number of hydrogen-bond acceptors (Lipinski definition) is 2. The second-order valence-electron chi connectivity index (χ2n) is 4.16. The van der Waals surface area contributed by atoms with Gasteiger partial charge in [0.25, 0.3) is 0 Å². The lowest BCUT2D eigenvalue weighted by Gasteiger charge is -2.16. The second kappa shape index (κ2) is 8.10. The zero-order valence-electron chi connectivity index (χ0n) is 10.3. The van der Waals surface area contributed by atoms with Gasteiger partial charge in [-0.3, -0.25) is 0 Å². The van der Waals surface area contributed by atoms with E-state index in [1.807, 2.05) is 6.07 Å². The largest absolute Gasteiger partial charge is 0.314 e. The molecule has 0 aliphatic rings. The van der Waals surface area contributed by atoms with Gasteiger partial charge in [0.15, 0.2) is 0 Å². The van der Waals surface area contributed by atoms with Gasteiger partial charge >= 0.3 is 0 Å². The van der Waals surface area contributed by atoms with E-state index >= 15 is 0 Å². The lowest BCUT2D eigenvalue weighted by molar-refractivity contribution is 0.456. The van der Waals surface area contributed by atoms with Crippen molar-refractivity contribution in [2.24, 2.45) is 0 Å². The first-order valence-electron chi connectivity index (χ1n) is 6.23. The summed E-state index contributed by atoms with van der Waals surface area (Å²) in [6.45, 7) is 5.58. The molecule has 3 heteroatoms. The summed E-state index contributed by atoms with van der Waals surface area (Å²) in [6, 6.07) is 4.80. The van der Waals surface area contributed by atoms with Crippen LogP contribution in [0, 0.1) is 0 Å². The van der Waals surface area contributed by atoms with Crippen LogP contribution in [0.15, 0.2) is 12.1 Å². The molecular weight excluding hydrogens is 238 g/mol. The lowest BCUT2D eigenvalue weighted by atomic mass is 10.1. The van der Waals surface area contributed by atoms with E-state index in [-0.39, 0.29) is 0 Å². The Bertz CT molecular complexity index is 285. The van der Waals surface area contributed by atoms with Crippen LogP contribution in [0.4, 0.5) is 0 Å². The molecule has 0 radical (unpaired) electrons. The number of nitrogens with one attached hydrogen (secondary N) is 1. The smallest absolute Gasteiger partial charge is 0.0931 e. The van der Waals surface area contributed by atoms with Crippen molar-refractivity contribution < 1.29 is 0 Å². The van der Waals surface area contributed by atoms with E-state index in [4.69, 9.17) is 11.6 Å². The molecule has 0 aliphatic carbocycles. The van der Waals surface area contributed by atoms with E-state index in [9.17, 15) is 0 Å². The number of hydrogen-bond donors (Lipinski definition) is 1. The minimum absolute atomic E-state index is 0.690. The van der Waals surface area contributed by atoms with Gasteiger partial charge in [-0.25, -0.2) is 0 Å². The predicted molar refractivity (Wildman–Crippen MR) is 74.6 cm³/mol. The summed E-state index contributed by atoms with van der Waals surface area (Å²) in [5.74, 6) is 0. The van der Waals surface area contributed by atoms with Crippen molar-refractivity contribution in [2.45, 2.75) is 52.0 Å². The quantitative estimate of drug-likeness (QED) is 0.725. The van der Waals surface area contributed by atoms with Crippen LogP contribution >= 0.6 is 22.9 Å². The van der Waals surface area contributed by atoms with Crippen molar-refractivity contribution in [1.29, 1.82) is 0 Å². The molecule has 0 aromatic carbocycles. The fraction of sp³-hybridized carbons (Fsp3) is 0.692. The molecule has 1 heterocycles. The summed E-state index contributed by atoms with van der Waals surface area (Å²) in [7, 11) is 0. The van der Waals surface area contributed by atoms with Crippen LogP contribution in [0.3, 0.4) is 0 Å². The molecule has 0 aliphatic heterocycles. The number of unbranched alkanes of at least 4 members (excludes halogenated alkanes) is 1. The molecule has 1 atom stereocenters. The molecule has 1 aromatic heterocycles. The van der Waals surface area contributed by atoms with Gasteiger partial charge in [-0.1, -0.05) is 38.3 Å². The standard InChI is InChI=1S/C13H22ClNS/c1-3-5-6-11(4-2)15-10-9-12-7-8-13(14)16-12/h7-8,11,15H,3-6,9-10H2,1-2H3. The van der Waals surface area contributed by atoms with Crippen molar-refractivity contribution in [2.75, 3.05) is 6.54 Å². The van der Waals surface area contributed by atoms with Gasteiger partial charge in [-0.2, -0.15) is 0 Å². The third-order valence-electron chi connectivity index (χ3n) is 2.83. The molecule has 92 valence electrons. The minimum Gasteiger partial charge on any atom is -0.314 e. The Morgan fingerprint density at radius 2 is 2.19 bits per heavy atom. The molecular formula is C13H22ClNS. The van der Waals surface area contributed by atoms with Gasteiger partial charge in [0.1, 0.15) is 0 Å². The van der Waals surface area contributed by atoms with Gasteiger partial charge < -0.3 is 5.32 Å². The SMILES string of the molecule is CCCCC(CC)NCCc1ccc(Cl)s1. The summed E-state index contributed by atoms with van der Waals surface area (Å²) in [4.78, 5) is 1.38. The Balaban J connectivity index is 2.17. The molecule has 0 saturated carbocycles. The maximum Gasteiger partial charge on any atom is 0.0931 e. The second-order valence-corrected chi connectivity index (χ2v) is 5.96. The summed E-state index contributed by atoms with van der Waals surface area (Å²) in [6.07, 6.45) is 6.25. The van der Waals surface area contributed by atoms with Gasteiger partial charge in [0.2, 0.25) is 0 Å². The van der Waals surface area contributed by atoms with Crippen molar-refractivity contribution in [3.8, 4) is 0 Å². The Labute approximate surface area is 108 Å². The van der Waals surface area contributed by atoms with Crippen LogP contribution in [0.2, 0.25) is 4.34 Å². The average molecular weight is 260 g/mol. The van der Waals surface area contributed by atoms with Crippen LogP contribution in [-0.4, -0.2) is 12.6 Å². The van der Waals surface area contributed by atoms with Crippen molar-refractivity contribution in [1.82, 2.24) is 5.32 Å². The Kier molecular flexibility index (Phi) is 7.10. The van der Waals surface area contributed by atoms with Gasteiger partial charge in [0, 0.05) is 17.5 Å². The molecule has 16 heavy (non-hydrogen) atoms. The molecule has 0 amide bonds. The maximum absolute atomic E-state index is 5.90. The molecule has 1 nitrogen and oxygen atoms in total. The topological polar surface area (TPSA) is 12.0 Å². The maximum atomic E-state index is 5.90. The summed E-state index contributed by atoms with van der Waals surface area (Å²) in [5.41, 5.74) is 0. The number of thiophene rings is 1. The van der Waals surface area contributed by atoms with Crippen LogP contribution in [0.1, 0.15) is 44.4 Å². The van der Waals surface area contributed by atoms with E-state index in [2.05, 4.69) is 25.2 Å². The number of rotatable bonds is 8. The Morgan fingerprint density at radius 1 is 1.38 bits per heavy atom. The van der Waals surface area contributed by atoms with Crippen LogP contribution < -0.4 is 5.32 Å². The van der Waals surface area contributed by atoms with Crippen molar-refractivity contribution in [3.63, 3.8) is 0 Å². The first-order valence-corrected chi connectivity index (χ1v) is 7.43.